The lowest BCUT2D eigenvalue weighted by Gasteiger charge is -2.36. The van der Waals surface area contributed by atoms with Crippen molar-refractivity contribution in [2.45, 2.75) is 84.7 Å². The summed E-state index contributed by atoms with van der Waals surface area (Å²) in [5, 5.41) is 5.53. The minimum Gasteiger partial charge on any atom is -0.444 e. The summed E-state index contributed by atoms with van der Waals surface area (Å²) >= 11 is 0. The summed E-state index contributed by atoms with van der Waals surface area (Å²) in [5.41, 5.74) is 8.01. The quantitative estimate of drug-likeness (QED) is 0.427. The second-order valence-electron chi connectivity index (χ2n) is 11.3. The number of nitrogens with two attached hydrogens (primary N) is 1. The van der Waals surface area contributed by atoms with Crippen LogP contribution >= 0.6 is 0 Å². The van der Waals surface area contributed by atoms with E-state index in [0.29, 0.717) is 12.0 Å². The summed E-state index contributed by atoms with van der Waals surface area (Å²) in [6.07, 6.45) is -0.585. The fourth-order valence-electron chi connectivity index (χ4n) is 4.74. The Morgan fingerprint density at radius 2 is 1.62 bits per heavy atom. The van der Waals surface area contributed by atoms with Crippen LogP contribution in [0.5, 0.6) is 0 Å². The molecule has 1 saturated carbocycles. The van der Waals surface area contributed by atoms with E-state index in [4.69, 9.17) is 10.5 Å². The maximum atomic E-state index is 14.2. The second-order valence-corrected chi connectivity index (χ2v) is 11.3. The first-order valence-corrected chi connectivity index (χ1v) is 13.3. The van der Waals surface area contributed by atoms with E-state index in [1.807, 2.05) is 69.3 Å². The molecule has 4 amide bonds. The number of aryl methyl sites for hydroxylation is 2. The average molecular weight is 537 g/mol. The largest absolute Gasteiger partial charge is 0.444 e. The summed E-state index contributed by atoms with van der Waals surface area (Å²) in [5.74, 6) is -1.53. The van der Waals surface area contributed by atoms with Crippen LogP contribution in [-0.2, 0) is 25.7 Å². The van der Waals surface area contributed by atoms with E-state index >= 15 is 0 Å². The Hall–Kier alpha value is -3.88. The number of nitrogens with one attached hydrogen (secondary N) is 2. The predicted molar refractivity (Wildman–Crippen MR) is 148 cm³/mol. The molecule has 1 fully saturated rings. The molecule has 3 rings (SSSR count). The topological polar surface area (TPSA) is 131 Å². The maximum Gasteiger partial charge on any atom is 0.408 e. The summed E-state index contributed by atoms with van der Waals surface area (Å²) in [7, 11) is 0. The number of primary amides is 1. The minimum absolute atomic E-state index is 0.137. The molecule has 39 heavy (non-hydrogen) atoms. The molecular formula is C30H40N4O5. The lowest BCUT2D eigenvalue weighted by Crippen LogP contribution is -2.55. The highest BCUT2D eigenvalue weighted by molar-refractivity contribution is 5.95. The number of carbonyl (C=O) groups is 4. The van der Waals surface area contributed by atoms with Crippen molar-refractivity contribution in [1.29, 1.82) is 0 Å². The standard InChI is InChI=1S/C30H40N4O5/c1-18-11-10-12-19(2)25(18)26(27(36)32-17-21-13-8-7-9-14-21)34(23-15-20(23)3)28(37)22(16-24(31)35)33-29(38)39-30(4,5)6/h7-14,20,22-23,26H,15-17H2,1-6H3,(H2,31,35)(H,32,36)(H,33,38). The number of carbonyl (C=O) groups excluding carboxylic acids is 4. The van der Waals surface area contributed by atoms with Crippen LogP contribution in [0.4, 0.5) is 4.79 Å². The Morgan fingerprint density at radius 3 is 2.13 bits per heavy atom. The molecular weight excluding hydrogens is 496 g/mol. The molecule has 2 aromatic rings. The minimum atomic E-state index is -1.29. The molecule has 0 saturated heterocycles. The number of hydrogen-bond acceptors (Lipinski definition) is 5. The van der Waals surface area contributed by atoms with Gasteiger partial charge in [0, 0.05) is 12.6 Å². The number of rotatable bonds is 10. The van der Waals surface area contributed by atoms with Gasteiger partial charge in [-0.05, 0) is 69.2 Å². The van der Waals surface area contributed by atoms with E-state index in [1.54, 1.807) is 20.8 Å². The molecule has 1 aliphatic carbocycles. The Bertz CT molecular complexity index is 1190. The smallest absolute Gasteiger partial charge is 0.408 e. The summed E-state index contributed by atoms with van der Waals surface area (Å²) in [6.45, 7) is 11.2. The van der Waals surface area contributed by atoms with E-state index in [9.17, 15) is 19.2 Å². The van der Waals surface area contributed by atoms with Crippen molar-refractivity contribution in [3.05, 3.63) is 70.8 Å². The SMILES string of the molecule is Cc1cccc(C)c1C(C(=O)NCc1ccccc1)N(C(=O)C(CC(N)=O)NC(=O)OC(C)(C)C)C1CC1C. The molecule has 0 aromatic heterocycles. The number of ether oxygens (including phenoxy) is 1. The number of alkyl carbamates (subject to hydrolysis) is 1. The Labute approximate surface area is 230 Å². The fourth-order valence-corrected chi connectivity index (χ4v) is 4.74. The van der Waals surface area contributed by atoms with Gasteiger partial charge in [0.05, 0.1) is 6.42 Å². The zero-order valence-corrected chi connectivity index (χ0v) is 23.6. The van der Waals surface area contributed by atoms with Gasteiger partial charge < -0.3 is 26.0 Å². The molecule has 0 radical (unpaired) electrons. The highest BCUT2D eigenvalue weighted by atomic mass is 16.6. The van der Waals surface area contributed by atoms with E-state index in [-0.39, 0.29) is 24.4 Å². The molecule has 0 heterocycles. The van der Waals surface area contributed by atoms with Crippen LogP contribution in [0.1, 0.15) is 68.8 Å². The maximum absolute atomic E-state index is 14.2. The van der Waals surface area contributed by atoms with Gasteiger partial charge in [0.25, 0.3) is 0 Å². The van der Waals surface area contributed by atoms with E-state index in [0.717, 1.165) is 16.7 Å². The van der Waals surface area contributed by atoms with Crippen LogP contribution < -0.4 is 16.4 Å². The summed E-state index contributed by atoms with van der Waals surface area (Å²) in [4.78, 5) is 54.3. The lowest BCUT2D eigenvalue weighted by atomic mass is 9.93. The van der Waals surface area contributed by atoms with Crippen LogP contribution in [0.25, 0.3) is 0 Å². The fraction of sp³-hybridized carbons (Fsp3) is 0.467. The van der Waals surface area contributed by atoms with Crippen LogP contribution in [-0.4, -0.2) is 46.4 Å². The first-order valence-electron chi connectivity index (χ1n) is 13.3. The van der Waals surface area contributed by atoms with Crippen molar-refractivity contribution in [1.82, 2.24) is 15.5 Å². The molecule has 9 heteroatoms. The molecule has 4 N–H and O–H groups in total. The third-order valence-electron chi connectivity index (χ3n) is 6.72. The predicted octanol–water partition coefficient (Wildman–Crippen LogP) is 3.67. The third kappa shape index (κ3) is 8.05. The number of benzene rings is 2. The zero-order valence-electron chi connectivity index (χ0n) is 23.6. The first kappa shape index (κ1) is 29.7. The van der Waals surface area contributed by atoms with Crippen molar-refractivity contribution in [3.63, 3.8) is 0 Å². The zero-order chi connectivity index (χ0) is 28.9. The monoisotopic (exact) mass is 536 g/mol. The second kappa shape index (κ2) is 12.3. The van der Waals surface area contributed by atoms with E-state index < -0.39 is 42.0 Å². The van der Waals surface area contributed by atoms with Crippen LogP contribution in [0.15, 0.2) is 48.5 Å². The van der Waals surface area contributed by atoms with Gasteiger partial charge in [-0.3, -0.25) is 14.4 Å². The molecule has 2 aromatic carbocycles. The highest BCUT2D eigenvalue weighted by Crippen LogP contribution is 2.42. The van der Waals surface area contributed by atoms with Crippen LogP contribution in [0.2, 0.25) is 0 Å². The van der Waals surface area contributed by atoms with Gasteiger partial charge in [-0.1, -0.05) is 55.5 Å². The number of nitrogens with zero attached hydrogens (tertiary/aromatic N) is 1. The van der Waals surface area contributed by atoms with E-state index in [2.05, 4.69) is 10.6 Å². The average Bonchev–Trinajstić information content (AvgIpc) is 3.55. The van der Waals surface area contributed by atoms with Gasteiger partial charge in [0.15, 0.2) is 0 Å². The van der Waals surface area contributed by atoms with Gasteiger partial charge in [0.2, 0.25) is 17.7 Å². The molecule has 0 bridgehead atoms. The van der Waals surface area contributed by atoms with Crippen molar-refractivity contribution >= 4 is 23.8 Å². The van der Waals surface area contributed by atoms with Gasteiger partial charge in [-0.15, -0.1) is 0 Å². The normalized spacial score (nSPS) is 17.9. The Morgan fingerprint density at radius 1 is 1.03 bits per heavy atom. The molecule has 0 aliphatic heterocycles. The molecule has 4 unspecified atom stereocenters. The van der Waals surface area contributed by atoms with Crippen molar-refractivity contribution in [2.75, 3.05) is 0 Å². The van der Waals surface area contributed by atoms with Crippen molar-refractivity contribution < 1.29 is 23.9 Å². The first-order chi connectivity index (χ1) is 18.3. The highest BCUT2D eigenvalue weighted by Gasteiger charge is 2.49. The molecule has 9 nitrogen and oxygen atoms in total. The Balaban J connectivity index is 2.03. The van der Waals surface area contributed by atoms with E-state index in [1.165, 1.54) is 4.90 Å². The van der Waals surface area contributed by atoms with Gasteiger partial charge in [-0.2, -0.15) is 0 Å². The van der Waals surface area contributed by atoms with Crippen molar-refractivity contribution in [2.24, 2.45) is 11.7 Å². The van der Waals surface area contributed by atoms with Gasteiger partial charge >= 0.3 is 6.09 Å². The van der Waals surface area contributed by atoms with Crippen LogP contribution in [0, 0.1) is 19.8 Å². The molecule has 0 spiro atoms. The van der Waals surface area contributed by atoms with Crippen LogP contribution in [0.3, 0.4) is 0 Å². The lowest BCUT2D eigenvalue weighted by molar-refractivity contribution is -0.144. The Kier molecular flexibility index (Phi) is 9.37. The third-order valence-corrected chi connectivity index (χ3v) is 6.72. The molecule has 210 valence electrons. The van der Waals surface area contributed by atoms with Crippen molar-refractivity contribution in [3.8, 4) is 0 Å². The summed E-state index contributed by atoms with van der Waals surface area (Å²) < 4.78 is 5.34. The van der Waals surface area contributed by atoms with Gasteiger partial charge in [0.1, 0.15) is 17.7 Å². The molecule has 4 atom stereocenters. The molecule has 1 aliphatic rings. The van der Waals surface area contributed by atoms with Gasteiger partial charge in [-0.25, -0.2) is 4.79 Å². The summed E-state index contributed by atoms with van der Waals surface area (Å²) in [6, 6.07) is 12.7. The number of hydrogen-bond donors (Lipinski definition) is 3. The number of amides is 4.